The number of amides is 1. The summed E-state index contributed by atoms with van der Waals surface area (Å²) in [6.45, 7) is 5.43. The van der Waals surface area contributed by atoms with E-state index in [-0.39, 0.29) is 19.1 Å². The number of likely N-dealkylation sites (tertiary alicyclic amines) is 1. The molecule has 0 spiro atoms. The van der Waals surface area contributed by atoms with Gasteiger partial charge in [-0.05, 0) is 32.9 Å². The molecule has 6 heteroatoms. The second-order valence-corrected chi connectivity index (χ2v) is 6.28. The molecular weight excluding hydrogens is 286 g/mol. The molecule has 0 bridgehead atoms. The van der Waals surface area contributed by atoms with Crippen LogP contribution in [0, 0.1) is 0 Å². The van der Waals surface area contributed by atoms with Crippen molar-refractivity contribution in [1.82, 2.24) is 4.90 Å². The number of carbonyl (C=O) groups excluding carboxylic acids is 1. The van der Waals surface area contributed by atoms with E-state index >= 15 is 0 Å². The molecule has 1 aromatic rings. The van der Waals surface area contributed by atoms with E-state index in [0.717, 1.165) is 0 Å². The molecule has 2 rings (SSSR count). The molecule has 22 heavy (non-hydrogen) atoms. The van der Waals surface area contributed by atoms with E-state index < -0.39 is 23.7 Å². The van der Waals surface area contributed by atoms with Crippen molar-refractivity contribution in [2.24, 2.45) is 0 Å². The number of hydrogen-bond acceptors (Lipinski definition) is 4. The first kappa shape index (κ1) is 16.1. The van der Waals surface area contributed by atoms with Crippen LogP contribution in [-0.2, 0) is 9.53 Å². The van der Waals surface area contributed by atoms with Crippen molar-refractivity contribution in [3.8, 4) is 5.75 Å². The van der Waals surface area contributed by atoms with Crippen molar-refractivity contribution in [2.75, 3.05) is 6.54 Å². The van der Waals surface area contributed by atoms with Crippen LogP contribution < -0.4 is 4.74 Å². The fourth-order valence-corrected chi connectivity index (χ4v) is 2.33. The summed E-state index contributed by atoms with van der Waals surface area (Å²) in [5.41, 5.74) is -0.668. The smallest absolute Gasteiger partial charge is 0.411 e. The molecule has 1 fully saturated rings. The van der Waals surface area contributed by atoms with Crippen LogP contribution in [-0.4, -0.2) is 46.4 Å². The van der Waals surface area contributed by atoms with Crippen LogP contribution in [0.25, 0.3) is 0 Å². The minimum Gasteiger partial charge on any atom is -0.488 e. The van der Waals surface area contributed by atoms with E-state index in [0.29, 0.717) is 5.75 Å². The van der Waals surface area contributed by atoms with E-state index in [1.807, 2.05) is 18.2 Å². The summed E-state index contributed by atoms with van der Waals surface area (Å²) in [5.74, 6) is -0.396. The van der Waals surface area contributed by atoms with Gasteiger partial charge in [-0.15, -0.1) is 0 Å². The Labute approximate surface area is 129 Å². The number of para-hydroxylation sites is 1. The molecule has 6 nitrogen and oxygen atoms in total. The Bertz CT molecular complexity index is 537. The second-order valence-electron chi connectivity index (χ2n) is 6.28. The van der Waals surface area contributed by atoms with Crippen molar-refractivity contribution in [2.45, 2.75) is 44.9 Å². The average molecular weight is 307 g/mol. The van der Waals surface area contributed by atoms with Gasteiger partial charge in [0.2, 0.25) is 0 Å². The molecule has 1 heterocycles. The van der Waals surface area contributed by atoms with Gasteiger partial charge in [0.25, 0.3) is 0 Å². The highest BCUT2D eigenvalue weighted by atomic mass is 16.6. The highest BCUT2D eigenvalue weighted by Gasteiger charge is 2.42. The molecule has 1 N–H and O–H groups in total. The van der Waals surface area contributed by atoms with Crippen LogP contribution in [0.5, 0.6) is 5.75 Å². The topological polar surface area (TPSA) is 76.1 Å². The molecule has 1 aliphatic heterocycles. The number of benzene rings is 1. The summed E-state index contributed by atoms with van der Waals surface area (Å²) < 4.78 is 11.0. The summed E-state index contributed by atoms with van der Waals surface area (Å²) in [5, 5.41) is 9.31. The van der Waals surface area contributed by atoms with Crippen LogP contribution in [0.4, 0.5) is 4.79 Å². The van der Waals surface area contributed by atoms with Gasteiger partial charge in [0.05, 0.1) is 6.54 Å². The Kier molecular flexibility index (Phi) is 4.59. The van der Waals surface area contributed by atoms with Gasteiger partial charge < -0.3 is 14.6 Å². The lowest BCUT2D eigenvalue weighted by atomic mass is 10.2. The molecule has 1 aliphatic rings. The summed E-state index contributed by atoms with van der Waals surface area (Å²) in [6, 6.07) is 8.21. The fraction of sp³-hybridized carbons (Fsp3) is 0.500. The van der Waals surface area contributed by atoms with Gasteiger partial charge in [0, 0.05) is 6.42 Å². The lowest BCUT2D eigenvalue weighted by molar-refractivity contribution is -0.142. The molecule has 0 aromatic heterocycles. The van der Waals surface area contributed by atoms with Crippen molar-refractivity contribution < 1.29 is 24.2 Å². The van der Waals surface area contributed by atoms with Crippen LogP contribution in [0.3, 0.4) is 0 Å². The molecule has 0 aliphatic carbocycles. The number of rotatable bonds is 3. The molecule has 0 saturated carbocycles. The summed E-state index contributed by atoms with van der Waals surface area (Å²) in [7, 11) is 0. The zero-order valence-electron chi connectivity index (χ0n) is 13.0. The van der Waals surface area contributed by atoms with Crippen molar-refractivity contribution >= 4 is 12.1 Å². The Morgan fingerprint density at radius 3 is 2.41 bits per heavy atom. The van der Waals surface area contributed by atoms with E-state index in [9.17, 15) is 14.7 Å². The first-order chi connectivity index (χ1) is 10.3. The quantitative estimate of drug-likeness (QED) is 0.928. The maximum Gasteiger partial charge on any atom is 0.411 e. The minimum atomic E-state index is -1.05. The van der Waals surface area contributed by atoms with Crippen molar-refractivity contribution in [1.29, 1.82) is 0 Å². The highest BCUT2D eigenvalue weighted by Crippen LogP contribution is 2.25. The highest BCUT2D eigenvalue weighted by molar-refractivity contribution is 5.81. The van der Waals surface area contributed by atoms with E-state index in [1.165, 1.54) is 4.90 Å². The first-order valence-corrected chi connectivity index (χ1v) is 7.20. The van der Waals surface area contributed by atoms with Gasteiger partial charge in [-0.25, -0.2) is 9.59 Å². The van der Waals surface area contributed by atoms with Gasteiger partial charge in [0.1, 0.15) is 23.5 Å². The number of aliphatic carboxylic acids is 1. The standard InChI is InChI=1S/C16H21NO5/c1-16(2,3)22-15(20)17-10-12(9-13(17)14(18)19)21-11-7-5-4-6-8-11/h4-8,12-13H,9-10H2,1-3H3,(H,18,19)/t12?,13-/m0/s1. The van der Waals surface area contributed by atoms with Crippen molar-refractivity contribution in [3.05, 3.63) is 30.3 Å². The lowest BCUT2D eigenvalue weighted by Gasteiger charge is -2.26. The monoisotopic (exact) mass is 307 g/mol. The third kappa shape index (κ3) is 4.13. The van der Waals surface area contributed by atoms with Crippen LogP contribution in [0.2, 0.25) is 0 Å². The van der Waals surface area contributed by atoms with Gasteiger partial charge in [-0.3, -0.25) is 4.90 Å². The zero-order chi connectivity index (χ0) is 16.3. The normalized spacial score (nSPS) is 21.5. The zero-order valence-corrected chi connectivity index (χ0v) is 13.0. The Balaban J connectivity index is 2.06. The second kappa shape index (κ2) is 6.25. The molecular formula is C16H21NO5. The third-order valence-electron chi connectivity index (χ3n) is 3.22. The maximum absolute atomic E-state index is 12.2. The van der Waals surface area contributed by atoms with Crippen LogP contribution >= 0.6 is 0 Å². The van der Waals surface area contributed by atoms with E-state index in [1.54, 1.807) is 32.9 Å². The Hall–Kier alpha value is -2.24. The fourth-order valence-electron chi connectivity index (χ4n) is 2.33. The van der Waals surface area contributed by atoms with Crippen LogP contribution in [0.15, 0.2) is 30.3 Å². The molecule has 0 radical (unpaired) electrons. The number of carboxylic acids is 1. The number of ether oxygens (including phenoxy) is 2. The third-order valence-corrected chi connectivity index (χ3v) is 3.22. The summed E-state index contributed by atoms with van der Waals surface area (Å²) in [4.78, 5) is 24.8. The number of nitrogens with zero attached hydrogens (tertiary/aromatic N) is 1. The van der Waals surface area contributed by atoms with Gasteiger partial charge in [0.15, 0.2) is 0 Å². The van der Waals surface area contributed by atoms with E-state index in [2.05, 4.69) is 0 Å². The van der Waals surface area contributed by atoms with Crippen LogP contribution in [0.1, 0.15) is 27.2 Å². The maximum atomic E-state index is 12.2. The first-order valence-electron chi connectivity index (χ1n) is 7.20. The molecule has 1 saturated heterocycles. The predicted molar refractivity (Wildman–Crippen MR) is 79.8 cm³/mol. The van der Waals surface area contributed by atoms with Gasteiger partial charge in [-0.2, -0.15) is 0 Å². The molecule has 1 unspecified atom stereocenters. The number of hydrogen-bond donors (Lipinski definition) is 1. The average Bonchev–Trinajstić information content (AvgIpc) is 2.82. The lowest BCUT2D eigenvalue weighted by Crippen LogP contribution is -2.43. The van der Waals surface area contributed by atoms with E-state index in [4.69, 9.17) is 9.47 Å². The SMILES string of the molecule is CC(C)(C)OC(=O)N1CC(Oc2ccccc2)C[C@H]1C(=O)O. The Morgan fingerprint density at radius 1 is 1.23 bits per heavy atom. The molecule has 1 aromatic carbocycles. The largest absolute Gasteiger partial charge is 0.488 e. The Morgan fingerprint density at radius 2 is 1.86 bits per heavy atom. The minimum absolute atomic E-state index is 0.195. The predicted octanol–water partition coefficient (Wildman–Crippen LogP) is 2.53. The summed E-state index contributed by atoms with van der Waals surface area (Å²) in [6.07, 6.45) is -0.751. The molecule has 1 amide bonds. The van der Waals surface area contributed by atoms with Gasteiger partial charge in [-0.1, -0.05) is 18.2 Å². The van der Waals surface area contributed by atoms with Crippen molar-refractivity contribution in [3.63, 3.8) is 0 Å². The molecule has 120 valence electrons. The summed E-state index contributed by atoms with van der Waals surface area (Å²) >= 11 is 0. The van der Waals surface area contributed by atoms with Gasteiger partial charge >= 0.3 is 12.1 Å². The number of carboxylic acid groups (broad SMARTS) is 1. The number of carbonyl (C=O) groups is 2. The molecule has 2 atom stereocenters.